The van der Waals surface area contributed by atoms with Crippen molar-refractivity contribution in [3.05, 3.63) is 29.8 Å². The number of morpholine rings is 1. The van der Waals surface area contributed by atoms with E-state index in [-0.39, 0.29) is 0 Å². The average Bonchev–Trinajstić information content (AvgIpc) is 2.33. The lowest BCUT2D eigenvalue weighted by Crippen LogP contribution is -2.39. The van der Waals surface area contributed by atoms with Gasteiger partial charge in [0.15, 0.2) is 0 Å². The molecule has 0 aromatic heterocycles. The number of hydrogen-bond donors (Lipinski definition) is 0. The molecule has 2 rings (SSSR count). The van der Waals surface area contributed by atoms with Crippen molar-refractivity contribution in [2.75, 3.05) is 32.6 Å². The molecule has 1 saturated heterocycles. The molecule has 5 heteroatoms. The third-order valence-electron chi connectivity index (χ3n) is 2.76. The lowest BCUT2D eigenvalue weighted by molar-refractivity contribution is 0.0748. The summed E-state index contributed by atoms with van der Waals surface area (Å²) in [6.07, 6.45) is 1.69. The third-order valence-corrected chi connectivity index (χ3v) is 4.63. The molecule has 1 fully saturated rings. The van der Waals surface area contributed by atoms with E-state index in [1.54, 1.807) is 6.26 Å². The minimum absolute atomic E-state index is 0.633. The Balaban J connectivity index is 2.24. The van der Waals surface area contributed by atoms with E-state index in [2.05, 4.69) is 4.36 Å². The predicted octanol–water partition coefficient (Wildman–Crippen LogP) is 1.97. The molecule has 0 bridgehead atoms. The third kappa shape index (κ3) is 3.28. The molecule has 0 amide bonds. The first-order valence-corrected chi connectivity index (χ1v) is 7.57. The molecule has 4 nitrogen and oxygen atoms in total. The van der Waals surface area contributed by atoms with Crippen LogP contribution in [0, 0.1) is 6.92 Å². The van der Waals surface area contributed by atoms with E-state index in [9.17, 15) is 4.21 Å². The summed E-state index contributed by atoms with van der Waals surface area (Å²) < 4.78 is 24.0. The summed E-state index contributed by atoms with van der Waals surface area (Å²) in [5, 5.41) is 0. The molecule has 1 unspecified atom stereocenters. The van der Waals surface area contributed by atoms with Crippen molar-refractivity contribution in [1.29, 1.82) is 0 Å². The zero-order chi connectivity index (χ0) is 12.3. The Kier molecular flexibility index (Phi) is 3.81. The predicted molar refractivity (Wildman–Crippen MR) is 69.7 cm³/mol. The van der Waals surface area contributed by atoms with Crippen molar-refractivity contribution in [2.24, 2.45) is 4.36 Å². The Labute approximate surface area is 103 Å². The van der Waals surface area contributed by atoms with Crippen LogP contribution in [-0.2, 0) is 14.7 Å². The quantitative estimate of drug-likeness (QED) is 0.809. The highest BCUT2D eigenvalue weighted by molar-refractivity contribution is 7.90. The molecule has 94 valence electrons. The molecule has 0 N–H and O–H groups in total. The molecule has 0 saturated carbocycles. The number of ether oxygens (including phenoxy) is 1. The molecular formula is C12H18N2O2S. The van der Waals surface area contributed by atoms with Crippen molar-refractivity contribution in [1.82, 2.24) is 4.31 Å². The number of hydrogen-bond acceptors (Lipinski definition) is 3. The fourth-order valence-electron chi connectivity index (χ4n) is 1.74. The largest absolute Gasteiger partial charge is 0.379 e. The molecule has 1 atom stereocenters. The fraction of sp³-hybridized carbons (Fsp3) is 0.500. The molecule has 1 heterocycles. The van der Waals surface area contributed by atoms with Crippen LogP contribution in [0.5, 0.6) is 0 Å². The van der Waals surface area contributed by atoms with Crippen LogP contribution in [-0.4, -0.2) is 41.1 Å². The van der Waals surface area contributed by atoms with Gasteiger partial charge in [0.2, 0.25) is 0 Å². The maximum atomic E-state index is 12.5. The molecule has 1 aromatic carbocycles. The molecule has 17 heavy (non-hydrogen) atoms. The summed E-state index contributed by atoms with van der Waals surface area (Å²) in [5.74, 6) is 0. The number of benzene rings is 1. The normalized spacial score (nSPS) is 20.8. The topological polar surface area (TPSA) is 41.9 Å². The Bertz CT molecular complexity index is 484. The summed E-state index contributed by atoms with van der Waals surface area (Å²) in [5.41, 5.74) is 1.95. The van der Waals surface area contributed by atoms with Crippen LogP contribution in [0.3, 0.4) is 0 Å². The van der Waals surface area contributed by atoms with Crippen LogP contribution < -0.4 is 0 Å². The molecule has 1 aliphatic rings. The molecule has 0 radical (unpaired) electrons. The maximum absolute atomic E-state index is 12.5. The van der Waals surface area contributed by atoms with Crippen molar-refractivity contribution in [3.63, 3.8) is 0 Å². The molecular weight excluding hydrogens is 236 g/mol. The monoisotopic (exact) mass is 254 g/mol. The molecule has 0 aliphatic carbocycles. The van der Waals surface area contributed by atoms with Crippen LogP contribution in [0.1, 0.15) is 5.56 Å². The summed E-state index contributed by atoms with van der Waals surface area (Å²) in [6, 6.07) is 7.76. The van der Waals surface area contributed by atoms with E-state index >= 15 is 0 Å². The first kappa shape index (κ1) is 12.5. The van der Waals surface area contributed by atoms with Crippen LogP contribution >= 0.6 is 0 Å². The standard InChI is InChI=1S/C12H18N2O2S/c1-11-3-5-12(6-4-11)13-17(2,15)14-7-9-16-10-8-14/h3-6H,7-10H2,1-2H3. The van der Waals surface area contributed by atoms with Gasteiger partial charge < -0.3 is 4.74 Å². The van der Waals surface area contributed by atoms with Gasteiger partial charge in [-0.15, -0.1) is 0 Å². The van der Waals surface area contributed by atoms with Crippen molar-refractivity contribution >= 4 is 15.6 Å². The van der Waals surface area contributed by atoms with Gasteiger partial charge in [-0.2, -0.15) is 4.36 Å². The van der Waals surface area contributed by atoms with Gasteiger partial charge in [-0.1, -0.05) is 17.7 Å². The minimum atomic E-state index is -2.32. The first-order valence-electron chi connectivity index (χ1n) is 5.69. The van der Waals surface area contributed by atoms with Gasteiger partial charge in [-0.3, -0.25) is 0 Å². The van der Waals surface area contributed by atoms with E-state index in [0.29, 0.717) is 26.3 Å². The smallest absolute Gasteiger partial charge is 0.112 e. The first-order chi connectivity index (χ1) is 8.08. The Hall–Kier alpha value is -0.910. The highest BCUT2D eigenvalue weighted by Gasteiger charge is 2.18. The second-order valence-corrected chi connectivity index (χ2v) is 6.45. The number of nitrogens with zero attached hydrogens (tertiary/aromatic N) is 2. The zero-order valence-electron chi connectivity index (χ0n) is 10.3. The van der Waals surface area contributed by atoms with Crippen molar-refractivity contribution in [2.45, 2.75) is 6.92 Å². The van der Waals surface area contributed by atoms with Gasteiger partial charge in [0.25, 0.3) is 0 Å². The van der Waals surface area contributed by atoms with E-state index in [4.69, 9.17) is 4.74 Å². The SMILES string of the molecule is Cc1ccc(N=S(C)(=O)N2CCOCC2)cc1. The van der Waals surface area contributed by atoms with Gasteiger partial charge in [-0.05, 0) is 19.1 Å². The molecule has 1 aliphatic heterocycles. The minimum Gasteiger partial charge on any atom is -0.379 e. The van der Waals surface area contributed by atoms with Gasteiger partial charge in [0.1, 0.15) is 9.92 Å². The highest BCUT2D eigenvalue weighted by atomic mass is 32.2. The summed E-state index contributed by atoms with van der Waals surface area (Å²) in [4.78, 5) is 0. The summed E-state index contributed by atoms with van der Waals surface area (Å²) in [6.45, 7) is 4.66. The van der Waals surface area contributed by atoms with E-state index in [1.165, 1.54) is 5.56 Å². The maximum Gasteiger partial charge on any atom is 0.112 e. The number of rotatable bonds is 2. The van der Waals surface area contributed by atoms with Crippen molar-refractivity contribution < 1.29 is 8.95 Å². The average molecular weight is 254 g/mol. The van der Waals surface area contributed by atoms with Gasteiger partial charge in [0.05, 0.1) is 18.9 Å². The molecule has 0 spiro atoms. The lowest BCUT2D eigenvalue weighted by Gasteiger charge is -2.27. The number of aryl methyl sites for hydroxylation is 1. The summed E-state index contributed by atoms with van der Waals surface area (Å²) in [7, 11) is -2.32. The second kappa shape index (κ2) is 5.16. The molecule has 1 aromatic rings. The van der Waals surface area contributed by atoms with Gasteiger partial charge >= 0.3 is 0 Å². The van der Waals surface area contributed by atoms with E-state index in [0.717, 1.165) is 5.69 Å². The summed E-state index contributed by atoms with van der Waals surface area (Å²) >= 11 is 0. The van der Waals surface area contributed by atoms with Crippen LogP contribution in [0.25, 0.3) is 0 Å². The van der Waals surface area contributed by atoms with E-state index < -0.39 is 9.92 Å². The zero-order valence-corrected chi connectivity index (χ0v) is 11.1. The van der Waals surface area contributed by atoms with Gasteiger partial charge in [0, 0.05) is 19.3 Å². The fourth-order valence-corrected chi connectivity index (χ4v) is 3.20. The highest BCUT2D eigenvalue weighted by Crippen LogP contribution is 2.17. The van der Waals surface area contributed by atoms with E-state index in [1.807, 2.05) is 35.5 Å². The van der Waals surface area contributed by atoms with Crippen molar-refractivity contribution in [3.8, 4) is 0 Å². The lowest BCUT2D eigenvalue weighted by atomic mass is 10.2. The Morgan fingerprint density at radius 3 is 2.41 bits per heavy atom. The van der Waals surface area contributed by atoms with Crippen LogP contribution in [0.2, 0.25) is 0 Å². The Morgan fingerprint density at radius 1 is 1.24 bits per heavy atom. The van der Waals surface area contributed by atoms with Gasteiger partial charge in [-0.25, -0.2) is 8.51 Å². The Morgan fingerprint density at radius 2 is 1.82 bits per heavy atom. The van der Waals surface area contributed by atoms with Crippen LogP contribution in [0.15, 0.2) is 28.6 Å². The van der Waals surface area contributed by atoms with Crippen LogP contribution in [0.4, 0.5) is 5.69 Å². The second-order valence-electron chi connectivity index (χ2n) is 4.23.